The lowest BCUT2D eigenvalue weighted by molar-refractivity contribution is 0.404. The molecule has 102 valence electrons. The second-order valence-electron chi connectivity index (χ2n) is 6.71. The van der Waals surface area contributed by atoms with Crippen molar-refractivity contribution < 1.29 is 4.74 Å². The van der Waals surface area contributed by atoms with Crippen LogP contribution in [0.1, 0.15) is 30.4 Å². The summed E-state index contributed by atoms with van der Waals surface area (Å²) in [6.07, 6.45) is 4.52. The van der Waals surface area contributed by atoms with Gasteiger partial charge in [0.25, 0.3) is 0 Å². The summed E-state index contributed by atoms with van der Waals surface area (Å²) in [6.45, 7) is 3.11. The molecule has 4 atom stereocenters. The van der Waals surface area contributed by atoms with Crippen molar-refractivity contribution in [2.45, 2.75) is 38.8 Å². The van der Waals surface area contributed by atoms with Crippen molar-refractivity contribution in [2.75, 3.05) is 7.11 Å². The molecule has 4 unspecified atom stereocenters. The summed E-state index contributed by atoms with van der Waals surface area (Å²) in [6, 6.07) is 7.26. The van der Waals surface area contributed by atoms with Crippen LogP contribution in [-0.2, 0) is 6.54 Å². The van der Waals surface area contributed by atoms with Gasteiger partial charge in [0.1, 0.15) is 5.75 Å². The van der Waals surface area contributed by atoms with E-state index in [-0.39, 0.29) is 0 Å². The number of hydrogen-bond acceptors (Lipinski definition) is 2. The Morgan fingerprint density at radius 1 is 1.21 bits per heavy atom. The molecule has 3 saturated carbocycles. The summed E-state index contributed by atoms with van der Waals surface area (Å²) in [7, 11) is 1.76. The van der Waals surface area contributed by atoms with Crippen molar-refractivity contribution in [2.24, 2.45) is 23.7 Å². The number of rotatable bonds is 4. The largest absolute Gasteiger partial charge is 0.496 e. The predicted molar refractivity (Wildman–Crippen MR) is 76.2 cm³/mol. The highest BCUT2D eigenvalue weighted by molar-refractivity contribution is 5.37. The van der Waals surface area contributed by atoms with Crippen LogP contribution in [0.5, 0.6) is 5.75 Å². The van der Waals surface area contributed by atoms with E-state index in [1.165, 1.54) is 30.4 Å². The minimum atomic E-state index is 0.802. The van der Waals surface area contributed by atoms with Crippen LogP contribution < -0.4 is 10.1 Å². The first kappa shape index (κ1) is 11.8. The molecule has 1 aromatic rings. The molecule has 3 fully saturated rings. The van der Waals surface area contributed by atoms with Gasteiger partial charge in [0, 0.05) is 18.2 Å². The van der Waals surface area contributed by atoms with Crippen molar-refractivity contribution in [1.29, 1.82) is 0 Å². The van der Waals surface area contributed by atoms with Gasteiger partial charge in [-0.2, -0.15) is 0 Å². The molecule has 0 amide bonds. The van der Waals surface area contributed by atoms with Crippen LogP contribution >= 0.6 is 0 Å². The minimum Gasteiger partial charge on any atom is -0.496 e. The van der Waals surface area contributed by atoms with Gasteiger partial charge < -0.3 is 10.1 Å². The van der Waals surface area contributed by atoms with Gasteiger partial charge in [-0.3, -0.25) is 0 Å². The van der Waals surface area contributed by atoms with Crippen LogP contribution in [0.25, 0.3) is 0 Å². The number of methoxy groups -OCH3 is 1. The van der Waals surface area contributed by atoms with Crippen molar-refractivity contribution in [3.8, 4) is 5.75 Å². The maximum absolute atomic E-state index is 5.46. The quantitative estimate of drug-likeness (QED) is 0.894. The Hall–Kier alpha value is -1.02. The van der Waals surface area contributed by atoms with E-state index in [2.05, 4.69) is 30.4 Å². The highest BCUT2D eigenvalue weighted by atomic mass is 16.5. The number of nitrogens with one attached hydrogen (secondary N) is 1. The Balaban J connectivity index is 1.42. The number of ether oxygens (including phenoxy) is 1. The third kappa shape index (κ3) is 1.80. The highest BCUT2D eigenvalue weighted by Crippen LogP contribution is 2.65. The molecule has 19 heavy (non-hydrogen) atoms. The zero-order valence-corrected chi connectivity index (χ0v) is 11.9. The van der Waals surface area contributed by atoms with Gasteiger partial charge in [0.05, 0.1) is 7.11 Å². The highest BCUT2D eigenvalue weighted by Gasteiger charge is 2.64. The minimum absolute atomic E-state index is 0.802. The van der Waals surface area contributed by atoms with E-state index < -0.39 is 0 Å². The van der Waals surface area contributed by atoms with E-state index in [9.17, 15) is 0 Å². The zero-order valence-electron chi connectivity index (χ0n) is 11.9. The maximum Gasteiger partial charge on any atom is 0.123 e. The standard InChI is InChI=1S/C17H23NO/c1-10-3-6-14(19-2)13(7-10)9-18-17-15-11-4-5-12(8-11)16(15)17/h3,6-7,11-12,15-18H,4-5,8-9H2,1-2H3. The SMILES string of the molecule is COc1ccc(C)cc1CNC1C2C3CCC(C3)C12. The van der Waals surface area contributed by atoms with Crippen LogP contribution in [0.15, 0.2) is 18.2 Å². The fourth-order valence-electron chi connectivity index (χ4n) is 4.87. The second kappa shape index (κ2) is 4.24. The molecule has 1 aromatic carbocycles. The van der Waals surface area contributed by atoms with Gasteiger partial charge in [0.15, 0.2) is 0 Å². The summed E-state index contributed by atoms with van der Waals surface area (Å²) in [5, 5.41) is 3.80. The molecule has 1 N–H and O–H groups in total. The van der Waals surface area contributed by atoms with E-state index >= 15 is 0 Å². The Morgan fingerprint density at radius 2 is 1.95 bits per heavy atom. The van der Waals surface area contributed by atoms with Crippen molar-refractivity contribution in [3.63, 3.8) is 0 Å². The van der Waals surface area contributed by atoms with Crippen molar-refractivity contribution in [3.05, 3.63) is 29.3 Å². The van der Waals surface area contributed by atoms with E-state index in [0.717, 1.165) is 42.0 Å². The molecule has 0 radical (unpaired) electrons. The lowest BCUT2D eigenvalue weighted by Crippen LogP contribution is -2.22. The second-order valence-corrected chi connectivity index (χ2v) is 6.71. The first-order chi connectivity index (χ1) is 9.28. The number of benzene rings is 1. The fourth-order valence-corrected chi connectivity index (χ4v) is 4.87. The molecule has 2 heteroatoms. The van der Waals surface area contributed by atoms with Gasteiger partial charge in [-0.05, 0) is 55.9 Å². The molecule has 0 aliphatic heterocycles. The van der Waals surface area contributed by atoms with Gasteiger partial charge in [-0.25, -0.2) is 0 Å². The van der Waals surface area contributed by atoms with E-state index in [0.29, 0.717) is 0 Å². The molecule has 2 nitrogen and oxygen atoms in total. The predicted octanol–water partition coefficient (Wildman–Crippen LogP) is 3.14. The van der Waals surface area contributed by atoms with Crippen LogP contribution in [-0.4, -0.2) is 13.2 Å². The van der Waals surface area contributed by atoms with Crippen molar-refractivity contribution >= 4 is 0 Å². The van der Waals surface area contributed by atoms with Gasteiger partial charge >= 0.3 is 0 Å². The Kier molecular flexibility index (Phi) is 2.63. The maximum atomic E-state index is 5.46. The normalized spacial score (nSPS) is 38.3. The fraction of sp³-hybridized carbons (Fsp3) is 0.647. The monoisotopic (exact) mass is 257 g/mol. The van der Waals surface area contributed by atoms with Crippen LogP contribution in [0.3, 0.4) is 0 Å². The van der Waals surface area contributed by atoms with Crippen LogP contribution in [0, 0.1) is 30.6 Å². The molecule has 0 spiro atoms. The van der Waals surface area contributed by atoms with Crippen molar-refractivity contribution in [1.82, 2.24) is 5.32 Å². The molecule has 3 aliphatic rings. The van der Waals surface area contributed by atoms with Gasteiger partial charge in [-0.1, -0.05) is 17.7 Å². The Bertz CT molecular complexity index is 482. The molecule has 0 aromatic heterocycles. The number of hydrogen-bond donors (Lipinski definition) is 1. The van der Waals surface area contributed by atoms with Gasteiger partial charge in [-0.15, -0.1) is 0 Å². The molecule has 2 bridgehead atoms. The van der Waals surface area contributed by atoms with Gasteiger partial charge in [0.2, 0.25) is 0 Å². The van der Waals surface area contributed by atoms with Crippen LogP contribution in [0.4, 0.5) is 0 Å². The zero-order chi connectivity index (χ0) is 13.0. The summed E-state index contributed by atoms with van der Waals surface area (Å²) in [5.74, 6) is 5.13. The van der Waals surface area contributed by atoms with E-state index in [1.54, 1.807) is 7.11 Å². The summed E-state index contributed by atoms with van der Waals surface area (Å²) >= 11 is 0. The lowest BCUT2D eigenvalue weighted by atomic mass is 10.0. The average Bonchev–Trinajstić information content (AvgIpc) is 2.80. The third-order valence-corrected chi connectivity index (χ3v) is 5.70. The lowest BCUT2D eigenvalue weighted by Gasteiger charge is -2.13. The number of aryl methyl sites for hydroxylation is 1. The molecule has 3 aliphatic carbocycles. The van der Waals surface area contributed by atoms with E-state index in [4.69, 9.17) is 4.74 Å². The number of fused-ring (bicyclic) bond motifs is 5. The first-order valence-corrected chi connectivity index (χ1v) is 7.65. The molecular weight excluding hydrogens is 234 g/mol. The summed E-state index contributed by atoms with van der Waals surface area (Å²) in [5.41, 5.74) is 2.62. The van der Waals surface area contributed by atoms with Crippen LogP contribution in [0.2, 0.25) is 0 Å². The molecule has 0 saturated heterocycles. The average molecular weight is 257 g/mol. The van der Waals surface area contributed by atoms with E-state index in [1.807, 2.05) is 0 Å². The Morgan fingerprint density at radius 3 is 2.63 bits per heavy atom. The Labute approximate surface area is 115 Å². The third-order valence-electron chi connectivity index (χ3n) is 5.70. The summed E-state index contributed by atoms with van der Waals surface area (Å²) < 4.78 is 5.46. The molecular formula is C17H23NO. The molecule has 0 heterocycles. The topological polar surface area (TPSA) is 21.3 Å². The molecule has 4 rings (SSSR count). The first-order valence-electron chi connectivity index (χ1n) is 7.65. The summed E-state index contributed by atoms with van der Waals surface area (Å²) in [4.78, 5) is 0. The smallest absolute Gasteiger partial charge is 0.123 e.